The van der Waals surface area contributed by atoms with Crippen molar-refractivity contribution in [2.45, 2.75) is 13.5 Å². The summed E-state index contributed by atoms with van der Waals surface area (Å²) in [6.45, 7) is 6.15. The average Bonchev–Trinajstić information content (AvgIpc) is 3.07. The number of H-pyrrole nitrogens is 1. The van der Waals surface area contributed by atoms with E-state index in [9.17, 15) is 4.79 Å². The molecule has 30 heavy (non-hydrogen) atoms. The normalized spacial score (nSPS) is 11.8. The molecule has 146 valence electrons. The van der Waals surface area contributed by atoms with Crippen LogP contribution >= 0.6 is 0 Å². The van der Waals surface area contributed by atoms with Gasteiger partial charge in [-0.05, 0) is 30.2 Å². The lowest BCUT2D eigenvalue weighted by Crippen LogP contribution is -2.26. The molecule has 0 saturated carbocycles. The molecular formula is C23H19N6O+. The van der Waals surface area contributed by atoms with Gasteiger partial charge in [0.25, 0.3) is 5.65 Å². The molecule has 3 heterocycles. The molecule has 0 saturated heterocycles. The summed E-state index contributed by atoms with van der Waals surface area (Å²) in [5.74, 6) is 0. The van der Waals surface area contributed by atoms with E-state index in [1.54, 1.807) is 27.9 Å². The third-order valence-electron chi connectivity index (χ3n) is 5.10. The minimum absolute atomic E-state index is 0.164. The van der Waals surface area contributed by atoms with E-state index in [4.69, 9.17) is 9.97 Å². The number of aromatic amines is 1. The van der Waals surface area contributed by atoms with E-state index in [0.717, 1.165) is 22.2 Å². The maximum atomic E-state index is 13.2. The third kappa shape index (κ3) is 2.79. The van der Waals surface area contributed by atoms with Gasteiger partial charge >= 0.3 is 5.56 Å². The number of nitrogens with one attached hydrogen (secondary N) is 1. The van der Waals surface area contributed by atoms with Gasteiger partial charge in [-0.25, -0.2) is 24.3 Å². The van der Waals surface area contributed by atoms with Gasteiger partial charge in [-0.15, -0.1) is 9.78 Å². The molecule has 2 aromatic carbocycles. The molecule has 0 aliphatic carbocycles. The van der Waals surface area contributed by atoms with Crippen LogP contribution in [-0.2, 0) is 6.54 Å². The number of aromatic nitrogens is 5. The van der Waals surface area contributed by atoms with E-state index in [-0.39, 0.29) is 5.56 Å². The molecule has 5 aromatic rings. The maximum Gasteiger partial charge on any atom is 0.323 e. The van der Waals surface area contributed by atoms with Gasteiger partial charge in [0.1, 0.15) is 5.52 Å². The Morgan fingerprint density at radius 3 is 2.60 bits per heavy atom. The zero-order chi connectivity index (χ0) is 20.7. The first-order valence-corrected chi connectivity index (χ1v) is 9.60. The van der Waals surface area contributed by atoms with Gasteiger partial charge in [0.15, 0.2) is 11.7 Å². The highest BCUT2D eigenvalue weighted by Crippen LogP contribution is 2.23. The van der Waals surface area contributed by atoms with Crippen LogP contribution in [0.25, 0.3) is 33.2 Å². The largest absolute Gasteiger partial charge is 0.323 e. The molecule has 0 amide bonds. The Morgan fingerprint density at radius 2 is 1.83 bits per heavy atom. The molecule has 7 heteroatoms. The van der Waals surface area contributed by atoms with E-state index in [1.165, 1.54) is 0 Å². The Labute approximate surface area is 171 Å². The summed E-state index contributed by atoms with van der Waals surface area (Å²) in [6, 6.07) is 15.6. The summed E-state index contributed by atoms with van der Waals surface area (Å²) >= 11 is 0. The smallest absolute Gasteiger partial charge is 0.250 e. The van der Waals surface area contributed by atoms with Crippen molar-refractivity contribution in [2.75, 3.05) is 0 Å². The highest BCUT2D eigenvalue weighted by molar-refractivity contribution is 6.03. The van der Waals surface area contributed by atoms with Gasteiger partial charge in [-0.3, -0.25) is 0 Å². The van der Waals surface area contributed by atoms with Crippen LogP contribution in [0.15, 0.2) is 77.4 Å². The lowest BCUT2D eigenvalue weighted by atomic mass is 10.1. The molecule has 3 aromatic heterocycles. The van der Waals surface area contributed by atoms with Gasteiger partial charge in [-0.2, -0.15) is 0 Å². The van der Waals surface area contributed by atoms with Crippen molar-refractivity contribution in [1.29, 1.82) is 0 Å². The van der Waals surface area contributed by atoms with Gasteiger partial charge in [0, 0.05) is 0 Å². The van der Waals surface area contributed by atoms with Crippen LogP contribution in [0.5, 0.6) is 0 Å². The molecule has 0 aliphatic heterocycles. The number of hydrogen-bond donors (Lipinski definition) is 0. The van der Waals surface area contributed by atoms with E-state index in [2.05, 4.69) is 16.7 Å². The fraction of sp³-hybridized carbons (Fsp3) is 0.0870. The zero-order valence-corrected chi connectivity index (χ0v) is 16.4. The highest BCUT2D eigenvalue weighted by atomic mass is 16.1. The minimum atomic E-state index is -0.164. The summed E-state index contributed by atoms with van der Waals surface area (Å²) in [4.78, 5) is 25.9. The predicted molar refractivity (Wildman–Crippen MR) is 118 cm³/mol. The standard InChI is InChI=1S/C23H18N6O/c1-3-12-28-14-24-21-19(23(28)30)20-22(27-18-11-7-6-10-17(18)26-20)29(21)25-13-16-9-5-4-8-15(16)2/h3-11,13-14H,1,12H2,2H3/p+1. The van der Waals surface area contributed by atoms with Gasteiger partial charge in [0.2, 0.25) is 5.65 Å². The van der Waals surface area contributed by atoms with Crippen molar-refractivity contribution < 1.29 is 4.98 Å². The van der Waals surface area contributed by atoms with Crippen LogP contribution in [0.1, 0.15) is 11.1 Å². The molecule has 0 aliphatic rings. The van der Waals surface area contributed by atoms with Crippen LogP contribution in [0.2, 0.25) is 0 Å². The van der Waals surface area contributed by atoms with Gasteiger partial charge in [-0.1, -0.05) is 49.1 Å². The molecule has 1 N–H and O–H groups in total. The Bertz CT molecular complexity index is 1530. The lowest BCUT2D eigenvalue weighted by molar-refractivity contribution is -0.357. The van der Waals surface area contributed by atoms with Crippen LogP contribution in [0, 0.1) is 6.92 Å². The summed E-state index contributed by atoms with van der Waals surface area (Å²) in [6.07, 6.45) is 5.08. The van der Waals surface area contributed by atoms with E-state index < -0.39 is 0 Å². The lowest BCUT2D eigenvalue weighted by Gasteiger charge is -1.99. The third-order valence-corrected chi connectivity index (χ3v) is 5.10. The minimum Gasteiger partial charge on any atom is -0.250 e. The van der Waals surface area contributed by atoms with Crippen molar-refractivity contribution in [3.63, 3.8) is 0 Å². The van der Waals surface area contributed by atoms with Crippen LogP contribution in [0.3, 0.4) is 0 Å². The number of fused-ring (bicyclic) bond motifs is 4. The molecular weight excluding hydrogens is 376 g/mol. The van der Waals surface area contributed by atoms with Gasteiger partial charge < -0.3 is 0 Å². The summed E-state index contributed by atoms with van der Waals surface area (Å²) in [5, 5.41) is 5.12. The van der Waals surface area contributed by atoms with Crippen LogP contribution < -0.4 is 10.5 Å². The Kier molecular flexibility index (Phi) is 4.21. The van der Waals surface area contributed by atoms with Crippen molar-refractivity contribution in [3.05, 3.63) is 89.0 Å². The quantitative estimate of drug-likeness (QED) is 0.346. The van der Waals surface area contributed by atoms with Crippen molar-refractivity contribution in [3.8, 4) is 0 Å². The second-order valence-electron chi connectivity index (χ2n) is 7.04. The Morgan fingerprint density at radius 1 is 1.10 bits per heavy atom. The summed E-state index contributed by atoms with van der Waals surface area (Å²) in [5.41, 5.74) is 5.00. The monoisotopic (exact) mass is 395 g/mol. The number of nitrogens with zero attached hydrogens (tertiary/aromatic N) is 5. The van der Waals surface area contributed by atoms with Crippen molar-refractivity contribution in [2.24, 2.45) is 5.10 Å². The number of allylic oxidation sites excluding steroid dienone is 1. The van der Waals surface area contributed by atoms with E-state index in [1.807, 2.05) is 55.5 Å². The fourth-order valence-corrected chi connectivity index (χ4v) is 3.55. The Balaban J connectivity index is 1.86. The number of para-hydroxylation sites is 2. The summed E-state index contributed by atoms with van der Waals surface area (Å²) in [7, 11) is 0. The molecule has 0 atom stereocenters. The van der Waals surface area contributed by atoms with E-state index in [0.29, 0.717) is 28.7 Å². The summed E-state index contributed by atoms with van der Waals surface area (Å²) < 4.78 is 3.21. The molecule has 0 unspecified atom stereocenters. The van der Waals surface area contributed by atoms with Crippen molar-refractivity contribution in [1.82, 2.24) is 19.2 Å². The number of hydrogen-bond acceptors (Lipinski definition) is 4. The SMILES string of the molecule is C=CCn1c[nH+]c2c(c1=O)c1nc3ccccc3nc1n2N=Cc1ccccc1C. The number of aryl methyl sites for hydroxylation is 1. The fourth-order valence-electron chi connectivity index (χ4n) is 3.55. The second kappa shape index (κ2) is 7.04. The zero-order valence-electron chi connectivity index (χ0n) is 16.4. The molecule has 0 spiro atoms. The molecule has 0 radical (unpaired) electrons. The first kappa shape index (κ1) is 17.9. The maximum absolute atomic E-state index is 13.2. The average molecular weight is 395 g/mol. The van der Waals surface area contributed by atoms with Crippen LogP contribution in [-0.4, -0.2) is 25.4 Å². The second-order valence-corrected chi connectivity index (χ2v) is 7.04. The van der Waals surface area contributed by atoms with Crippen molar-refractivity contribution >= 4 is 39.4 Å². The van der Waals surface area contributed by atoms with Crippen LogP contribution in [0.4, 0.5) is 0 Å². The first-order valence-electron chi connectivity index (χ1n) is 9.60. The predicted octanol–water partition coefficient (Wildman–Crippen LogP) is 3.09. The topological polar surface area (TPSA) is 79.2 Å². The molecule has 7 nitrogen and oxygen atoms in total. The molecule has 5 rings (SSSR count). The first-order chi connectivity index (χ1) is 14.7. The number of rotatable bonds is 4. The van der Waals surface area contributed by atoms with E-state index >= 15 is 0 Å². The molecule has 0 bridgehead atoms. The van der Waals surface area contributed by atoms with Gasteiger partial charge in [0.05, 0.1) is 23.8 Å². The molecule has 0 fully saturated rings. The Hall–Kier alpha value is -4.13. The highest BCUT2D eigenvalue weighted by Gasteiger charge is 2.24. The number of benzene rings is 2.